The van der Waals surface area contributed by atoms with Crippen LogP contribution < -0.4 is 15.8 Å². The molecule has 0 saturated carbocycles. The predicted octanol–water partition coefficient (Wildman–Crippen LogP) is 2.27. The zero-order chi connectivity index (χ0) is 16.3. The molecule has 2 rings (SSSR count). The predicted molar refractivity (Wildman–Crippen MR) is 89.2 cm³/mol. The van der Waals surface area contributed by atoms with Gasteiger partial charge in [0.2, 0.25) is 0 Å². The lowest BCUT2D eigenvalue weighted by Gasteiger charge is -2.41. The van der Waals surface area contributed by atoms with Crippen molar-refractivity contribution < 1.29 is 9.53 Å². The van der Waals surface area contributed by atoms with Crippen LogP contribution in [0, 0.1) is 0 Å². The van der Waals surface area contributed by atoms with E-state index in [4.69, 9.17) is 10.5 Å². The van der Waals surface area contributed by atoms with E-state index in [2.05, 4.69) is 31.0 Å². The smallest absolute Gasteiger partial charge is 0.251 e. The zero-order valence-electron chi connectivity index (χ0n) is 14.0. The highest BCUT2D eigenvalue weighted by atomic mass is 16.5. The Bertz CT molecular complexity index is 529. The molecule has 1 aliphatic heterocycles. The molecule has 0 radical (unpaired) electrons. The van der Waals surface area contributed by atoms with Crippen molar-refractivity contribution in [3.05, 3.63) is 23.8 Å². The van der Waals surface area contributed by atoms with Gasteiger partial charge in [-0.1, -0.05) is 0 Å². The second kappa shape index (κ2) is 6.57. The van der Waals surface area contributed by atoms with Gasteiger partial charge in [-0.15, -0.1) is 0 Å². The first-order valence-corrected chi connectivity index (χ1v) is 7.80. The van der Waals surface area contributed by atoms with Crippen LogP contribution in [0.4, 0.5) is 5.69 Å². The van der Waals surface area contributed by atoms with Gasteiger partial charge in [-0.05, 0) is 51.8 Å². The van der Waals surface area contributed by atoms with Crippen LogP contribution in [0.2, 0.25) is 0 Å². The van der Waals surface area contributed by atoms with Gasteiger partial charge in [0.25, 0.3) is 5.91 Å². The monoisotopic (exact) mass is 305 g/mol. The molecule has 1 amide bonds. The van der Waals surface area contributed by atoms with Crippen molar-refractivity contribution in [1.82, 2.24) is 10.2 Å². The summed E-state index contributed by atoms with van der Waals surface area (Å²) in [6, 6.07) is 5.36. The van der Waals surface area contributed by atoms with E-state index in [0.717, 1.165) is 25.9 Å². The fourth-order valence-electron chi connectivity index (χ4n) is 2.82. The van der Waals surface area contributed by atoms with Crippen molar-refractivity contribution in [2.24, 2.45) is 0 Å². The minimum absolute atomic E-state index is 0.0625. The number of nitrogens with two attached hydrogens (primary N) is 1. The van der Waals surface area contributed by atoms with Gasteiger partial charge in [0.15, 0.2) is 0 Å². The van der Waals surface area contributed by atoms with Crippen LogP contribution in [0.25, 0.3) is 0 Å². The number of ether oxygens (including phenoxy) is 1. The molecule has 0 aliphatic carbocycles. The highest BCUT2D eigenvalue weighted by Gasteiger charge is 2.27. The number of nitrogens with zero attached hydrogens (tertiary/aromatic N) is 1. The molecule has 1 aromatic carbocycles. The number of anilines is 1. The Hall–Kier alpha value is -1.75. The average Bonchev–Trinajstić information content (AvgIpc) is 2.47. The van der Waals surface area contributed by atoms with Crippen LogP contribution in [0.1, 0.15) is 44.0 Å². The molecule has 22 heavy (non-hydrogen) atoms. The van der Waals surface area contributed by atoms with Crippen molar-refractivity contribution in [3.8, 4) is 5.75 Å². The summed E-state index contributed by atoms with van der Waals surface area (Å²) in [6.45, 7) is 8.71. The van der Waals surface area contributed by atoms with Gasteiger partial charge in [0.1, 0.15) is 5.75 Å². The van der Waals surface area contributed by atoms with Gasteiger partial charge >= 0.3 is 0 Å². The summed E-state index contributed by atoms with van der Waals surface area (Å²) < 4.78 is 5.17. The number of rotatable bonds is 3. The molecule has 1 aliphatic rings. The quantitative estimate of drug-likeness (QED) is 0.841. The number of benzene rings is 1. The summed E-state index contributed by atoms with van der Waals surface area (Å²) in [7, 11) is 1.55. The second-order valence-corrected chi connectivity index (χ2v) is 6.86. The molecule has 0 unspecified atom stereocenters. The fraction of sp³-hybridized carbons (Fsp3) is 0.588. The number of methoxy groups -OCH3 is 1. The molecule has 0 bridgehead atoms. The number of nitrogen functional groups attached to an aromatic ring is 1. The number of piperidine rings is 1. The van der Waals surface area contributed by atoms with Crippen LogP contribution in [0.3, 0.4) is 0 Å². The van der Waals surface area contributed by atoms with Gasteiger partial charge in [-0.3, -0.25) is 9.69 Å². The summed E-state index contributed by atoms with van der Waals surface area (Å²) in [4.78, 5) is 14.8. The van der Waals surface area contributed by atoms with E-state index >= 15 is 0 Å². The van der Waals surface area contributed by atoms with Gasteiger partial charge in [0, 0.05) is 30.2 Å². The summed E-state index contributed by atoms with van der Waals surface area (Å²) >= 11 is 0. The Labute approximate surface area is 132 Å². The molecular weight excluding hydrogens is 278 g/mol. The van der Waals surface area contributed by atoms with Gasteiger partial charge in [-0.2, -0.15) is 0 Å². The first kappa shape index (κ1) is 16.6. The molecule has 1 fully saturated rings. The van der Waals surface area contributed by atoms with E-state index in [0.29, 0.717) is 17.0 Å². The maximum Gasteiger partial charge on any atom is 0.251 e. The Morgan fingerprint density at radius 1 is 1.32 bits per heavy atom. The van der Waals surface area contributed by atoms with E-state index in [1.807, 2.05) is 0 Å². The number of carbonyl (C=O) groups excluding carboxylic acids is 1. The third-order valence-electron chi connectivity index (χ3n) is 4.27. The van der Waals surface area contributed by atoms with E-state index < -0.39 is 0 Å². The number of hydrogen-bond donors (Lipinski definition) is 2. The minimum Gasteiger partial charge on any atom is -0.495 e. The third-order valence-corrected chi connectivity index (χ3v) is 4.27. The fourth-order valence-corrected chi connectivity index (χ4v) is 2.82. The average molecular weight is 305 g/mol. The SMILES string of the molecule is COc1cc(C(=O)NC2CCN(C(C)(C)C)CC2)ccc1N. The van der Waals surface area contributed by atoms with Crippen molar-refractivity contribution in [2.75, 3.05) is 25.9 Å². The number of carbonyl (C=O) groups is 1. The highest BCUT2D eigenvalue weighted by Crippen LogP contribution is 2.23. The Morgan fingerprint density at radius 2 is 1.95 bits per heavy atom. The van der Waals surface area contributed by atoms with Gasteiger partial charge in [0.05, 0.1) is 12.8 Å². The Morgan fingerprint density at radius 3 is 2.50 bits per heavy atom. The molecule has 5 heteroatoms. The van der Waals surface area contributed by atoms with Crippen molar-refractivity contribution in [1.29, 1.82) is 0 Å². The van der Waals surface area contributed by atoms with E-state index in [1.165, 1.54) is 0 Å². The maximum atomic E-state index is 12.3. The first-order valence-electron chi connectivity index (χ1n) is 7.80. The third kappa shape index (κ3) is 3.91. The second-order valence-electron chi connectivity index (χ2n) is 6.86. The van der Waals surface area contributed by atoms with Gasteiger partial charge in [-0.25, -0.2) is 0 Å². The molecule has 1 heterocycles. The van der Waals surface area contributed by atoms with Crippen LogP contribution in [-0.2, 0) is 0 Å². The summed E-state index contributed by atoms with van der Waals surface area (Å²) in [6.07, 6.45) is 1.96. The topological polar surface area (TPSA) is 67.6 Å². The molecule has 5 nitrogen and oxygen atoms in total. The molecule has 3 N–H and O–H groups in total. The Kier molecular flexibility index (Phi) is 4.96. The van der Waals surface area contributed by atoms with Crippen LogP contribution in [-0.4, -0.2) is 42.6 Å². The molecular formula is C17H27N3O2. The largest absolute Gasteiger partial charge is 0.495 e. The van der Waals surface area contributed by atoms with Crippen LogP contribution in [0.15, 0.2) is 18.2 Å². The number of hydrogen-bond acceptors (Lipinski definition) is 4. The highest BCUT2D eigenvalue weighted by molar-refractivity contribution is 5.95. The summed E-state index contributed by atoms with van der Waals surface area (Å²) in [5, 5.41) is 3.12. The molecule has 0 spiro atoms. The normalized spacial score (nSPS) is 17.3. The standard InChI is InChI=1S/C17H27N3O2/c1-17(2,3)20-9-7-13(8-10-20)19-16(21)12-5-6-14(18)15(11-12)22-4/h5-6,11,13H,7-10,18H2,1-4H3,(H,19,21). The lowest BCUT2D eigenvalue weighted by atomic mass is 9.98. The van der Waals surface area contributed by atoms with Crippen LogP contribution >= 0.6 is 0 Å². The van der Waals surface area contributed by atoms with Gasteiger partial charge < -0.3 is 15.8 Å². The Balaban J connectivity index is 1.93. The molecule has 1 saturated heterocycles. The van der Waals surface area contributed by atoms with Crippen molar-refractivity contribution in [3.63, 3.8) is 0 Å². The van der Waals surface area contributed by atoms with Crippen LogP contribution in [0.5, 0.6) is 5.75 Å². The summed E-state index contributed by atoms with van der Waals surface area (Å²) in [5.41, 5.74) is 7.10. The first-order chi connectivity index (χ1) is 10.3. The summed E-state index contributed by atoms with van der Waals surface area (Å²) in [5.74, 6) is 0.475. The van der Waals surface area contributed by atoms with E-state index in [-0.39, 0.29) is 17.5 Å². The zero-order valence-corrected chi connectivity index (χ0v) is 14.0. The lowest BCUT2D eigenvalue weighted by molar-refractivity contribution is 0.0812. The molecule has 122 valence electrons. The van der Waals surface area contributed by atoms with Crippen molar-refractivity contribution in [2.45, 2.75) is 45.2 Å². The number of likely N-dealkylation sites (tertiary alicyclic amines) is 1. The van der Waals surface area contributed by atoms with E-state index in [9.17, 15) is 4.79 Å². The minimum atomic E-state index is -0.0625. The van der Waals surface area contributed by atoms with Crippen molar-refractivity contribution >= 4 is 11.6 Å². The number of amides is 1. The molecule has 1 aromatic rings. The lowest BCUT2D eigenvalue weighted by Crippen LogP contribution is -2.50. The maximum absolute atomic E-state index is 12.3. The van der Waals surface area contributed by atoms with E-state index in [1.54, 1.807) is 25.3 Å². The number of nitrogens with one attached hydrogen (secondary N) is 1. The molecule has 0 aromatic heterocycles. The molecule has 0 atom stereocenters.